The van der Waals surface area contributed by atoms with E-state index in [1.807, 2.05) is 21.1 Å². The number of nitrogens with zero attached hydrogens (tertiary/aromatic N) is 1. The van der Waals surface area contributed by atoms with Gasteiger partial charge in [-0.25, -0.2) is 4.57 Å². The SMILES string of the molecule is CCCCCCCCCCC(O)C(COP(=O)(O)OCC[N+](C)(C)C)NC(=O)CCCCCCCC. The summed E-state index contributed by atoms with van der Waals surface area (Å²) in [4.78, 5) is 22.6. The van der Waals surface area contributed by atoms with Crippen LogP contribution in [-0.4, -0.2) is 73.4 Å². The lowest BCUT2D eigenvalue weighted by molar-refractivity contribution is -0.870. The Bertz CT molecular complexity index is 585. The van der Waals surface area contributed by atoms with E-state index in [-0.39, 0.29) is 19.1 Å². The quantitative estimate of drug-likeness (QED) is 0.0755. The van der Waals surface area contributed by atoms with Crippen molar-refractivity contribution in [3.8, 4) is 0 Å². The van der Waals surface area contributed by atoms with Crippen LogP contribution >= 0.6 is 7.82 Å². The molecule has 0 aromatic carbocycles. The molecule has 1 amide bonds. The van der Waals surface area contributed by atoms with Gasteiger partial charge in [-0.05, 0) is 12.8 Å². The van der Waals surface area contributed by atoms with Gasteiger partial charge in [-0.3, -0.25) is 13.8 Å². The fraction of sp³-hybridized carbons (Fsp3) is 0.963. The Labute approximate surface area is 221 Å². The second-order valence-corrected chi connectivity index (χ2v) is 12.6. The first-order chi connectivity index (χ1) is 17.0. The van der Waals surface area contributed by atoms with Crippen LogP contribution < -0.4 is 5.32 Å². The fourth-order valence-electron chi connectivity index (χ4n) is 3.92. The monoisotopic (exact) mass is 537 g/mol. The molecule has 0 fully saturated rings. The van der Waals surface area contributed by atoms with Gasteiger partial charge < -0.3 is 19.8 Å². The smallest absolute Gasteiger partial charge is 0.391 e. The summed E-state index contributed by atoms with van der Waals surface area (Å²) >= 11 is 0. The standard InChI is InChI=1S/C27H57N2O6P/c1-6-8-10-12-14-15-16-18-20-26(30)25(28-27(31)21-19-17-13-11-9-7-2)24-35-36(32,33)34-23-22-29(3,4)5/h25-26,30H,6-24H2,1-5H3,(H-,28,31,32,33)/p+1. The Morgan fingerprint density at radius 2 is 1.33 bits per heavy atom. The Morgan fingerprint density at radius 3 is 1.86 bits per heavy atom. The molecule has 3 N–H and O–H groups in total. The molecule has 8 nitrogen and oxygen atoms in total. The zero-order chi connectivity index (χ0) is 27.3. The maximum atomic E-state index is 12.5. The van der Waals surface area contributed by atoms with Gasteiger partial charge in [0.05, 0.1) is 39.9 Å². The van der Waals surface area contributed by atoms with Crippen LogP contribution in [0.5, 0.6) is 0 Å². The third kappa shape index (κ3) is 22.7. The van der Waals surface area contributed by atoms with E-state index in [4.69, 9.17) is 9.05 Å². The largest absolute Gasteiger partial charge is 0.472 e. The Morgan fingerprint density at radius 1 is 0.833 bits per heavy atom. The lowest BCUT2D eigenvalue weighted by atomic mass is 10.0. The summed E-state index contributed by atoms with van der Waals surface area (Å²) < 4.78 is 23.2. The molecule has 0 heterocycles. The minimum atomic E-state index is -4.28. The third-order valence-electron chi connectivity index (χ3n) is 6.36. The van der Waals surface area contributed by atoms with Gasteiger partial charge in [0.15, 0.2) is 0 Å². The molecule has 9 heteroatoms. The molecule has 0 spiro atoms. The van der Waals surface area contributed by atoms with Crippen LogP contribution in [0.3, 0.4) is 0 Å². The van der Waals surface area contributed by atoms with Gasteiger partial charge >= 0.3 is 7.82 Å². The number of carbonyl (C=O) groups is 1. The minimum Gasteiger partial charge on any atom is -0.391 e. The molecule has 0 bridgehead atoms. The average molecular weight is 538 g/mol. The van der Waals surface area contributed by atoms with Crippen molar-refractivity contribution in [1.29, 1.82) is 0 Å². The second-order valence-electron chi connectivity index (χ2n) is 11.1. The molecule has 216 valence electrons. The van der Waals surface area contributed by atoms with E-state index in [2.05, 4.69) is 19.2 Å². The predicted molar refractivity (Wildman–Crippen MR) is 148 cm³/mol. The molecule has 0 saturated carbocycles. The molecular weight excluding hydrogens is 479 g/mol. The molecule has 0 aromatic rings. The zero-order valence-electron chi connectivity index (χ0n) is 24.0. The maximum absolute atomic E-state index is 12.5. The molecule has 0 aliphatic heterocycles. The molecular formula is C27H58N2O6P+. The number of rotatable bonds is 25. The second kappa shape index (κ2) is 21.4. The van der Waals surface area contributed by atoms with Crippen molar-refractivity contribution in [3.05, 3.63) is 0 Å². The fourth-order valence-corrected chi connectivity index (χ4v) is 4.66. The summed E-state index contributed by atoms with van der Waals surface area (Å²) in [7, 11) is 1.61. The molecule has 0 saturated heterocycles. The van der Waals surface area contributed by atoms with Crippen LogP contribution in [0.2, 0.25) is 0 Å². The van der Waals surface area contributed by atoms with E-state index in [0.717, 1.165) is 38.5 Å². The number of phosphoric ester groups is 1. The number of amides is 1. The number of aliphatic hydroxyl groups excluding tert-OH is 1. The van der Waals surface area contributed by atoms with Crippen molar-refractivity contribution in [2.45, 2.75) is 129 Å². The van der Waals surface area contributed by atoms with Gasteiger partial charge in [0, 0.05) is 6.42 Å². The molecule has 0 aliphatic rings. The van der Waals surface area contributed by atoms with Crippen molar-refractivity contribution in [1.82, 2.24) is 5.32 Å². The summed E-state index contributed by atoms with van der Waals surface area (Å²) in [5, 5.41) is 13.6. The van der Waals surface area contributed by atoms with E-state index in [0.29, 0.717) is 23.9 Å². The number of phosphoric acid groups is 1. The number of hydrogen-bond acceptors (Lipinski definition) is 5. The van der Waals surface area contributed by atoms with Gasteiger partial charge in [-0.1, -0.05) is 97.3 Å². The van der Waals surface area contributed by atoms with E-state index < -0.39 is 20.0 Å². The third-order valence-corrected chi connectivity index (χ3v) is 7.34. The van der Waals surface area contributed by atoms with E-state index in [9.17, 15) is 19.4 Å². The predicted octanol–water partition coefficient (Wildman–Crippen LogP) is 5.95. The van der Waals surface area contributed by atoms with Gasteiger partial charge in [0.2, 0.25) is 5.91 Å². The van der Waals surface area contributed by atoms with Crippen molar-refractivity contribution in [2.24, 2.45) is 0 Å². The van der Waals surface area contributed by atoms with Crippen molar-refractivity contribution < 1.29 is 32.9 Å². The van der Waals surface area contributed by atoms with Crippen LogP contribution in [0, 0.1) is 0 Å². The van der Waals surface area contributed by atoms with E-state index in [1.54, 1.807) is 0 Å². The van der Waals surface area contributed by atoms with Gasteiger partial charge in [0.25, 0.3) is 0 Å². The Hall–Kier alpha value is -0.500. The molecule has 0 rings (SSSR count). The lowest BCUT2D eigenvalue weighted by Crippen LogP contribution is -2.46. The molecule has 0 radical (unpaired) electrons. The number of carbonyl (C=O) groups excluding carboxylic acids is 1. The number of likely N-dealkylation sites (N-methyl/N-ethyl adjacent to an activating group) is 1. The lowest BCUT2D eigenvalue weighted by Gasteiger charge is -2.26. The molecule has 36 heavy (non-hydrogen) atoms. The Kier molecular flexibility index (Phi) is 21.1. The van der Waals surface area contributed by atoms with Crippen LogP contribution in [0.4, 0.5) is 0 Å². The highest BCUT2D eigenvalue weighted by Crippen LogP contribution is 2.43. The van der Waals surface area contributed by atoms with Gasteiger partial charge in [-0.2, -0.15) is 0 Å². The summed E-state index contributed by atoms with van der Waals surface area (Å²) in [5.41, 5.74) is 0. The first-order valence-electron chi connectivity index (χ1n) is 14.4. The summed E-state index contributed by atoms with van der Waals surface area (Å²) in [6.07, 6.45) is 15.8. The Balaban J connectivity index is 4.63. The van der Waals surface area contributed by atoms with Crippen LogP contribution in [-0.2, 0) is 18.4 Å². The number of aliphatic hydroxyl groups is 1. The highest BCUT2D eigenvalue weighted by atomic mass is 31.2. The van der Waals surface area contributed by atoms with E-state index >= 15 is 0 Å². The van der Waals surface area contributed by atoms with Crippen LogP contribution in [0.25, 0.3) is 0 Å². The van der Waals surface area contributed by atoms with Crippen molar-refractivity contribution >= 4 is 13.7 Å². The first-order valence-corrected chi connectivity index (χ1v) is 15.9. The molecule has 3 atom stereocenters. The van der Waals surface area contributed by atoms with Gasteiger partial charge in [-0.15, -0.1) is 0 Å². The highest BCUT2D eigenvalue weighted by molar-refractivity contribution is 7.47. The average Bonchev–Trinajstić information content (AvgIpc) is 2.79. The zero-order valence-corrected chi connectivity index (χ0v) is 24.9. The van der Waals surface area contributed by atoms with Crippen LogP contribution in [0.15, 0.2) is 0 Å². The maximum Gasteiger partial charge on any atom is 0.472 e. The normalized spacial score (nSPS) is 15.4. The highest BCUT2D eigenvalue weighted by Gasteiger charge is 2.28. The molecule has 3 unspecified atom stereocenters. The number of hydrogen-bond donors (Lipinski definition) is 3. The van der Waals surface area contributed by atoms with Crippen LogP contribution in [0.1, 0.15) is 117 Å². The summed E-state index contributed by atoms with van der Waals surface area (Å²) in [6.45, 7) is 4.74. The van der Waals surface area contributed by atoms with Crippen molar-refractivity contribution in [2.75, 3.05) is 40.9 Å². The first kappa shape index (κ1) is 35.5. The minimum absolute atomic E-state index is 0.0765. The number of quaternary nitrogens is 1. The summed E-state index contributed by atoms with van der Waals surface area (Å²) in [5.74, 6) is -0.159. The topological polar surface area (TPSA) is 105 Å². The van der Waals surface area contributed by atoms with Gasteiger partial charge in [0.1, 0.15) is 13.2 Å². The summed E-state index contributed by atoms with van der Waals surface area (Å²) in [6, 6.07) is -0.746. The molecule has 0 aromatic heterocycles. The van der Waals surface area contributed by atoms with Crippen molar-refractivity contribution in [3.63, 3.8) is 0 Å². The van der Waals surface area contributed by atoms with E-state index in [1.165, 1.54) is 51.4 Å². The number of unbranched alkanes of at least 4 members (excludes halogenated alkanes) is 12. The number of nitrogens with one attached hydrogen (secondary N) is 1. The molecule has 0 aliphatic carbocycles.